The largest absolute Gasteiger partial charge is 0.396 e. The zero-order valence-corrected chi connectivity index (χ0v) is 12.3. The highest BCUT2D eigenvalue weighted by atomic mass is 16.3. The van der Waals surface area contributed by atoms with Gasteiger partial charge in [-0.3, -0.25) is 4.79 Å². The van der Waals surface area contributed by atoms with Crippen LogP contribution in [0.25, 0.3) is 0 Å². The molecule has 0 radical (unpaired) electrons. The standard InChI is InChI=1S/C14H30N2O2/c1-5-14(4,9-10-17)16-13(18)11(2)7-6-8-12(3)15/h11-12,17H,5-10,15H2,1-4H3,(H,16,18). The SMILES string of the molecule is CCC(C)(CCO)NC(=O)C(C)CCCC(C)N. The summed E-state index contributed by atoms with van der Waals surface area (Å²) in [5.74, 6) is 0.0887. The van der Waals surface area contributed by atoms with Gasteiger partial charge in [0, 0.05) is 24.1 Å². The maximum atomic E-state index is 12.0. The summed E-state index contributed by atoms with van der Waals surface area (Å²) in [5.41, 5.74) is 5.40. The van der Waals surface area contributed by atoms with E-state index in [1.165, 1.54) is 0 Å². The molecule has 0 bridgehead atoms. The molecule has 0 rings (SSSR count). The normalized spacial score (nSPS) is 17.9. The van der Waals surface area contributed by atoms with E-state index < -0.39 is 0 Å². The average Bonchev–Trinajstić information content (AvgIpc) is 2.28. The quantitative estimate of drug-likeness (QED) is 0.590. The molecule has 3 atom stereocenters. The number of amides is 1. The van der Waals surface area contributed by atoms with Crippen LogP contribution in [-0.2, 0) is 4.79 Å². The van der Waals surface area contributed by atoms with Gasteiger partial charge in [0.2, 0.25) is 5.91 Å². The average molecular weight is 258 g/mol. The fraction of sp³-hybridized carbons (Fsp3) is 0.929. The van der Waals surface area contributed by atoms with Gasteiger partial charge in [0.15, 0.2) is 0 Å². The molecule has 0 heterocycles. The van der Waals surface area contributed by atoms with E-state index in [4.69, 9.17) is 10.8 Å². The van der Waals surface area contributed by atoms with Crippen molar-refractivity contribution in [1.82, 2.24) is 5.32 Å². The molecule has 1 amide bonds. The third-order valence-corrected chi connectivity index (χ3v) is 3.61. The zero-order valence-electron chi connectivity index (χ0n) is 12.3. The third kappa shape index (κ3) is 6.97. The first kappa shape index (κ1) is 17.4. The van der Waals surface area contributed by atoms with E-state index in [0.29, 0.717) is 6.42 Å². The molecule has 4 heteroatoms. The van der Waals surface area contributed by atoms with Crippen molar-refractivity contribution in [3.8, 4) is 0 Å². The molecule has 0 aliphatic rings. The van der Waals surface area contributed by atoms with Gasteiger partial charge in [-0.05, 0) is 39.5 Å². The molecule has 0 aliphatic heterocycles. The van der Waals surface area contributed by atoms with Crippen LogP contribution in [0, 0.1) is 5.92 Å². The molecule has 0 saturated carbocycles. The van der Waals surface area contributed by atoms with Crippen LogP contribution in [0.4, 0.5) is 0 Å². The molecule has 0 aromatic carbocycles. The Morgan fingerprint density at radius 1 is 1.39 bits per heavy atom. The fourth-order valence-corrected chi connectivity index (χ4v) is 1.87. The fourth-order valence-electron chi connectivity index (χ4n) is 1.87. The van der Waals surface area contributed by atoms with Crippen LogP contribution in [0.15, 0.2) is 0 Å². The van der Waals surface area contributed by atoms with Gasteiger partial charge in [0.05, 0.1) is 0 Å². The Labute approximate surface area is 111 Å². The van der Waals surface area contributed by atoms with Crippen LogP contribution in [0.3, 0.4) is 0 Å². The Hall–Kier alpha value is -0.610. The number of hydrogen-bond acceptors (Lipinski definition) is 3. The van der Waals surface area contributed by atoms with Gasteiger partial charge < -0.3 is 16.2 Å². The van der Waals surface area contributed by atoms with Crippen LogP contribution in [0.1, 0.15) is 59.8 Å². The summed E-state index contributed by atoms with van der Waals surface area (Å²) < 4.78 is 0. The summed E-state index contributed by atoms with van der Waals surface area (Å²) in [6.45, 7) is 8.04. The molecule has 108 valence electrons. The molecule has 4 N–H and O–H groups in total. The van der Waals surface area contributed by atoms with E-state index in [1.54, 1.807) is 0 Å². The van der Waals surface area contributed by atoms with Gasteiger partial charge in [0.25, 0.3) is 0 Å². The number of carbonyl (C=O) groups excluding carboxylic acids is 1. The Balaban J connectivity index is 4.13. The van der Waals surface area contributed by atoms with Crippen molar-refractivity contribution in [2.75, 3.05) is 6.61 Å². The van der Waals surface area contributed by atoms with Crippen LogP contribution in [-0.4, -0.2) is 29.2 Å². The lowest BCUT2D eigenvalue weighted by Crippen LogP contribution is -2.48. The summed E-state index contributed by atoms with van der Waals surface area (Å²) in [7, 11) is 0. The van der Waals surface area contributed by atoms with Crippen molar-refractivity contribution < 1.29 is 9.90 Å². The van der Waals surface area contributed by atoms with Gasteiger partial charge in [-0.15, -0.1) is 0 Å². The lowest BCUT2D eigenvalue weighted by molar-refractivity contribution is -0.126. The highest BCUT2D eigenvalue weighted by Gasteiger charge is 2.25. The maximum Gasteiger partial charge on any atom is 0.223 e. The highest BCUT2D eigenvalue weighted by Crippen LogP contribution is 2.16. The Morgan fingerprint density at radius 3 is 2.44 bits per heavy atom. The summed E-state index contributed by atoms with van der Waals surface area (Å²) in [6.07, 6.45) is 4.23. The third-order valence-electron chi connectivity index (χ3n) is 3.61. The smallest absolute Gasteiger partial charge is 0.223 e. The second-order valence-corrected chi connectivity index (χ2v) is 5.69. The van der Waals surface area contributed by atoms with Gasteiger partial charge in [-0.1, -0.05) is 20.3 Å². The molecule has 0 spiro atoms. The first-order valence-corrected chi connectivity index (χ1v) is 7.03. The molecule has 0 saturated heterocycles. The van der Waals surface area contributed by atoms with E-state index in [1.807, 2.05) is 27.7 Å². The lowest BCUT2D eigenvalue weighted by Gasteiger charge is -2.30. The van der Waals surface area contributed by atoms with Crippen molar-refractivity contribution >= 4 is 5.91 Å². The van der Waals surface area contributed by atoms with E-state index in [9.17, 15) is 4.79 Å². The molecule has 0 aliphatic carbocycles. The summed E-state index contributed by atoms with van der Waals surface area (Å²) in [5, 5.41) is 12.1. The number of hydrogen-bond donors (Lipinski definition) is 3. The Kier molecular flexibility index (Phi) is 8.20. The van der Waals surface area contributed by atoms with Crippen molar-refractivity contribution in [2.24, 2.45) is 11.7 Å². The number of nitrogens with two attached hydrogens (primary N) is 1. The van der Waals surface area contributed by atoms with Gasteiger partial charge in [0.1, 0.15) is 0 Å². The van der Waals surface area contributed by atoms with Crippen molar-refractivity contribution in [2.45, 2.75) is 71.4 Å². The molecular formula is C14H30N2O2. The van der Waals surface area contributed by atoms with Gasteiger partial charge >= 0.3 is 0 Å². The topological polar surface area (TPSA) is 75.3 Å². The van der Waals surface area contributed by atoms with E-state index in [0.717, 1.165) is 25.7 Å². The number of carbonyl (C=O) groups is 1. The summed E-state index contributed by atoms with van der Waals surface area (Å²) in [4.78, 5) is 12.0. The Morgan fingerprint density at radius 2 is 2.00 bits per heavy atom. The van der Waals surface area contributed by atoms with E-state index in [2.05, 4.69) is 5.32 Å². The minimum absolute atomic E-state index is 0.00770. The van der Waals surface area contributed by atoms with Crippen LogP contribution in [0.2, 0.25) is 0 Å². The van der Waals surface area contributed by atoms with Crippen LogP contribution >= 0.6 is 0 Å². The second-order valence-electron chi connectivity index (χ2n) is 5.69. The van der Waals surface area contributed by atoms with E-state index >= 15 is 0 Å². The van der Waals surface area contributed by atoms with Crippen molar-refractivity contribution in [1.29, 1.82) is 0 Å². The Bertz CT molecular complexity index is 244. The number of aliphatic hydroxyl groups is 1. The first-order valence-electron chi connectivity index (χ1n) is 7.03. The minimum Gasteiger partial charge on any atom is -0.396 e. The molecule has 0 aromatic heterocycles. The van der Waals surface area contributed by atoms with Crippen molar-refractivity contribution in [3.05, 3.63) is 0 Å². The van der Waals surface area contributed by atoms with Crippen LogP contribution in [0.5, 0.6) is 0 Å². The lowest BCUT2D eigenvalue weighted by atomic mass is 9.93. The molecular weight excluding hydrogens is 228 g/mol. The second kappa shape index (κ2) is 8.48. The zero-order chi connectivity index (χ0) is 14.2. The van der Waals surface area contributed by atoms with Gasteiger partial charge in [-0.25, -0.2) is 0 Å². The number of aliphatic hydroxyl groups excluding tert-OH is 1. The monoisotopic (exact) mass is 258 g/mol. The molecule has 3 unspecified atom stereocenters. The summed E-state index contributed by atoms with van der Waals surface area (Å²) in [6, 6.07) is 0.204. The number of rotatable bonds is 9. The number of nitrogens with one attached hydrogen (secondary N) is 1. The highest BCUT2D eigenvalue weighted by molar-refractivity contribution is 5.79. The minimum atomic E-state index is -0.290. The summed E-state index contributed by atoms with van der Waals surface area (Å²) >= 11 is 0. The molecule has 0 aromatic rings. The van der Waals surface area contributed by atoms with E-state index in [-0.39, 0.29) is 30.0 Å². The first-order chi connectivity index (χ1) is 8.34. The molecule has 18 heavy (non-hydrogen) atoms. The van der Waals surface area contributed by atoms with Crippen LogP contribution < -0.4 is 11.1 Å². The predicted octanol–water partition coefficient (Wildman–Crippen LogP) is 1.81. The molecule has 0 fully saturated rings. The maximum absolute atomic E-state index is 12.0. The van der Waals surface area contributed by atoms with Crippen molar-refractivity contribution in [3.63, 3.8) is 0 Å². The molecule has 4 nitrogen and oxygen atoms in total. The predicted molar refractivity (Wildman–Crippen MR) is 75.2 cm³/mol. The van der Waals surface area contributed by atoms with Gasteiger partial charge in [-0.2, -0.15) is 0 Å².